The van der Waals surface area contributed by atoms with Gasteiger partial charge in [-0.1, -0.05) is 18.2 Å². The van der Waals surface area contributed by atoms with Crippen LogP contribution < -0.4 is 16.0 Å². The minimum absolute atomic E-state index is 0. The molecule has 0 aromatic heterocycles. The molecule has 0 spiro atoms. The van der Waals surface area contributed by atoms with Gasteiger partial charge in [-0.05, 0) is 25.5 Å². The second-order valence-electron chi connectivity index (χ2n) is 4.19. The number of anilines is 1. The number of hydrogen-bond acceptors (Lipinski definition) is 3. The number of carbonyl (C=O) groups excluding carboxylic acids is 1. The zero-order valence-corrected chi connectivity index (χ0v) is 11.7. The summed E-state index contributed by atoms with van der Waals surface area (Å²) in [6.07, 6.45) is 0.907. The van der Waals surface area contributed by atoms with Gasteiger partial charge in [-0.2, -0.15) is 0 Å². The molecule has 0 aliphatic carbocycles. The fourth-order valence-electron chi connectivity index (χ4n) is 1.50. The average Bonchev–Trinajstić information content (AvgIpc) is 2.35. The van der Waals surface area contributed by atoms with Crippen molar-refractivity contribution in [3.05, 3.63) is 30.3 Å². The van der Waals surface area contributed by atoms with E-state index in [4.69, 9.17) is 5.73 Å². The number of nitrogens with zero attached hydrogens (tertiary/aromatic N) is 1. The fourth-order valence-corrected chi connectivity index (χ4v) is 1.50. The first kappa shape index (κ1) is 16.7. The van der Waals surface area contributed by atoms with Crippen molar-refractivity contribution < 1.29 is 4.79 Å². The highest BCUT2D eigenvalue weighted by atomic mass is 35.5. The van der Waals surface area contributed by atoms with Crippen molar-refractivity contribution in [1.29, 1.82) is 0 Å². The normalized spacial score (nSPS) is 11.3. The largest absolute Gasteiger partial charge is 0.375 e. The standard InChI is InChI=1S/C13H21N3O.ClH/c1-11(14)13(17)15-9-6-10-16(2)12-7-4-3-5-8-12;/h3-5,7-8,11H,6,9-10,14H2,1-2H3,(H,15,17);1H. The van der Waals surface area contributed by atoms with Crippen molar-refractivity contribution in [2.24, 2.45) is 5.73 Å². The highest BCUT2D eigenvalue weighted by Gasteiger charge is 2.05. The number of benzene rings is 1. The predicted molar refractivity (Wildman–Crippen MR) is 78.2 cm³/mol. The smallest absolute Gasteiger partial charge is 0.236 e. The van der Waals surface area contributed by atoms with Crippen LogP contribution in [0.15, 0.2) is 30.3 Å². The zero-order chi connectivity index (χ0) is 12.7. The van der Waals surface area contributed by atoms with Crippen LogP contribution in [-0.4, -0.2) is 32.1 Å². The van der Waals surface area contributed by atoms with Crippen molar-refractivity contribution in [2.45, 2.75) is 19.4 Å². The van der Waals surface area contributed by atoms with E-state index in [1.54, 1.807) is 6.92 Å². The number of nitrogens with one attached hydrogen (secondary N) is 1. The summed E-state index contributed by atoms with van der Waals surface area (Å²) in [7, 11) is 2.04. The molecule has 1 rings (SSSR count). The SMILES string of the molecule is CC(N)C(=O)NCCCN(C)c1ccccc1.Cl. The molecule has 0 saturated heterocycles. The Hall–Kier alpha value is -1.26. The van der Waals surface area contributed by atoms with Crippen LogP contribution in [0.4, 0.5) is 5.69 Å². The van der Waals surface area contributed by atoms with Crippen LogP contribution in [0.25, 0.3) is 0 Å². The molecule has 3 N–H and O–H groups in total. The summed E-state index contributed by atoms with van der Waals surface area (Å²) in [6, 6.07) is 9.75. The second kappa shape index (κ2) is 8.78. The molecule has 18 heavy (non-hydrogen) atoms. The number of hydrogen-bond donors (Lipinski definition) is 2. The lowest BCUT2D eigenvalue weighted by molar-refractivity contribution is -0.121. The van der Waals surface area contributed by atoms with E-state index in [0.29, 0.717) is 6.54 Å². The van der Waals surface area contributed by atoms with Gasteiger partial charge in [0, 0.05) is 25.8 Å². The number of nitrogens with two attached hydrogens (primary N) is 1. The maximum atomic E-state index is 11.2. The van der Waals surface area contributed by atoms with Crippen molar-refractivity contribution in [3.63, 3.8) is 0 Å². The molecular formula is C13H22ClN3O. The van der Waals surface area contributed by atoms with Gasteiger partial charge >= 0.3 is 0 Å². The lowest BCUT2D eigenvalue weighted by atomic mass is 10.3. The third-order valence-corrected chi connectivity index (χ3v) is 2.58. The quantitative estimate of drug-likeness (QED) is 0.769. The van der Waals surface area contributed by atoms with E-state index in [-0.39, 0.29) is 18.3 Å². The molecule has 1 aromatic carbocycles. The van der Waals surface area contributed by atoms with Crippen LogP contribution in [0, 0.1) is 0 Å². The van der Waals surface area contributed by atoms with E-state index >= 15 is 0 Å². The van der Waals surface area contributed by atoms with Crippen LogP contribution >= 0.6 is 12.4 Å². The molecule has 0 aliphatic heterocycles. The van der Waals surface area contributed by atoms with E-state index in [0.717, 1.165) is 13.0 Å². The van der Waals surface area contributed by atoms with Gasteiger partial charge in [0.1, 0.15) is 0 Å². The molecule has 102 valence electrons. The van der Waals surface area contributed by atoms with Crippen molar-refractivity contribution in [2.75, 3.05) is 25.0 Å². The summed E-state index contributed by atoms with van der Waals surface area (Å²) in [5.74, 6) is -0.0904. The Morgan fingerprint density at radius 1 is 1.39 bits per heavy atom. The third kappa shape index (κ3) is 5.89. The van der Waals surface area contributed by atoms with Gasteiger partial charge in [0.15, 0.2) is 0 Å². The first-order valence-corrected chi connectivity index (χ1v) is 5.90. The Morgan fingerprint density at radius 3 is 2.56 bits per heavy atom. The average molecular weight is 272 g/mol. The molecule has 0 fully saturated rings. The summed E-state index contributed by atoms with van der Waals surface area (Å²) in [4.78, 5) is 13.4. The number of carbonyl (C=O) groups is 1. The van der Waals surface area contributed by atoms with Crippen LogP contribution in [0.2, 0.25) is 0 Å². The molecule has 1 unspecified atom stereocenters. The predicted octanol–water partition coefficient (Wildman–Crippen LogP) is 1.40. The monoisotopic (exact) mass is 271 g/mol. The van der Waals surface area contributed by atoms with Crippen molar-refractivity contribution in [3.8, 4) is 0 Å². The Bertz CT molecular complexity index is 343. The minimum Gasteiger partial charge on any atom is -0.375 e. The number of para-hydroxylation sites is 1. The van der Waals surface area contributed by atoms with E-state index in [9.17, 15) is 4.79 Å². The van der Waals surface area contributed by atoms with Crippen LogP contribution in [0.5, 0.6) is 0 Å². The van der Waals surface area contributed by atoms with Gasteiger partial charge < -0.3 is 16.0 Å². The van der Waals surface area contributed by atoms with E-state index in [1.165, 1.54) is 5.69 Å². The second-order valence-corrected chi connectivity index (χ2v) is 4.19. The Kier molecular flexibility index (Phi) is 8.16. The van der Waals surface area contributed by atoms with E-state index in [2.05, 4.69) is 22.3 Å². The lowest BCUT2D eigenvalue weighted by Gasteiger charge is -2.19. The molecule has 1 atom stereocenters. The molecule has 4 nitrogen and oxygen atoms in total. The Labute approximate surface area is 115 Å². The first-order valence-electron chi connectivity index (χ1n) is 5.90. The lowest BCUT2D eigenvalue weighted by Crippen LogP contribution is -2.39. The van der Waals surface area contributed by atoms with Crippen LogP contribution in [0.3, 0.4) is 0 Å². The molecule has 0 aliphatic rings. The molecule has 0 heterocycles. The molecule has 1 aromatic rings. The molecule has 0 saturated carbocycles. The van der Waals surface area contributed by atoms with Gasteiger partial charge in [0.05, 0.1) is 6.04 Å². The van der Waals surface area contributed by atoms with Gasteiger partial charge in [-0.15, -0.1) is 12.4 Å². The van der Waals surface area contributed by atoms with Gasteiger partial charge in [0.2, 0.25) is 5.91 Å². The maximum Gasteiger partial charge on any atom is 0.236 e. The first-order chi connectivity index (χ1) is 8.11. The van der Waals surface area contributed by atoms with Gasteiger partial charge in [-0.3, -0.25) is 4.79 Å². The van der Waals surface area contributed by atoms with Crippen molar-refractivity contribution >= 4 is 24.0 Å². The number of rotatable bonds is 6. The van der Waals surface area contributed by atoms with Gasteiger partial charge in [0.25, 0.3) is 0 Å². The van der Waals surface area contributed by atoms with Crippen molar-refractivity contribution in [1.82, 2.24) is 5.32 Å². The van der Waals surface area contributed by atoms with Crippen LogP contribution in [0.1, 0.15) is 13.3 Å². The summed E-state index contributed by atoms with van der Waals surface area (Å²) in [5.41, 5.74) is 6.63. The third-order valence-electron chi connectivity index (χ3n) is 2.58. The van der Waals surface area contributed by atoms with E-state index < -0.39 is 6.04 Å². The number of amides is 1. The Balaban J connectivity index is 0.00000289. The topological polar surface area (TPSA) is 58.4 Å². The maximum absolute atomic E-state index is 11.2. The summed E-state index contributed by atoms with van der Waals surface area (Å²) >= 11 is 0. The van der Waals surface area contributed by atoms with Crippen LogP contribution in [-0.2, 0) is 4.79 Å². The summed E-state index contributed by atoms with van der Waals surface area (Å²) < 4.78 is 0. The molecule has 0 radical (unpaired) electrons. The van der Waals surface area contributed by atoms with Gasteiger partial charge in [-0.25, -0.2) is 0 Å². The number of halogens is 1. The molecule has 1 amide bonds. The molecule has 5 heteroatoms. The highest BCUT2D eigenvalue weighted by molar-refractivity contribution is 5.85. The minimum atomic E-state index is -0.429. The Morgan fingerprint density at radius 2 is 2.00 bits per heavy atom. The molecule has 0 bridgehead atoms. The summed E-state index contributed by atoms with van der Waals surface area (Å²) in [5, 5.41) is 2.80. The van der Waals surface area contributed by atoms with E-state index in [1.807, 2.05) is 25.2 Å². The fraction of sp³-hybridized carbons (Fsp3) is 0.462. The zero-order valence-electron chi connectivity index (χ0n) is 10.9. The highest BCUT2D eigenvalue weighted by Crippen LogP contribution is 2.10. The summed E-state index contributed by atoms with van der Waals surface area (Å²) in [6.45, 7) is 3.26. The molecular weight excluding hydrogens is 250 g/mol.